The van der Waals surface area contributed by atoms with Crippen LogP contribution in [-0.2, 0) is 14.3 Å². The summed E-state index contributed by atoms with van der Waals surface area (Å²) >= 11 is 0. The minimum atomic E-state index is -3.78. The first-order chi connectivity index (χ1) is 11.1. The molecule has 5 nitrogen and oxygen atoms in total. The van der Waals surface area contributed by atoms with Gasteiger partial charge in [-0.1, -0.05) is 18.2 Å². The van der Waals surface area contributed by atoms with Gasteiger partial charge in [0.2, 0.25) is 0 Å². The number of nitrogens with zero attached hydrogens (tertiary/aromatic N) is 1. The highest BCUT2D eigenvalue weighted by Gasteiger charge is 2.21. The molecule has 0 N–H and O–H groups in total. The van der Waals surface area contributed by atoms with E-state index < -0.39 is 10.1 Å². The van der Waals surface area contributed by atoms with Crippen LogP contribution in [-0.4, -0.2) is 26.7 Å². The maximum Gasteiger partial charge on any atom is 0.299 e. The Morgan fingerprint density at radius 3 is 2.39 bits per heavy atom. The number of ether oxygens (including phenoxy) is 1. The molecule has 3 rings (SSSR count). The van der Waals surface area contributed by atoms with Crippen LogP contribution in [0.5, 0.6) is 5.75 Å². The van der Waals surface area contributed by atoms with Crippen molar-refractivity contribution in [3.05, 3.63) is 54.7 Å². The molecule has 1 aromatic heterocycles. The van der Waals surface area contributed by atoms with Gasteiger partial charge in [0.1, 0.15) is 10.6 Å². The fourth-order valence-corrected chi connectivity index (χ4v) is 3.64. The van der Waals surface area contributed by atoms with E-state index in [-0.39, 0.29) is 11.5 Å². The highest BCUT2D eigenvalue weighted by atomic mass is 32.2. The molecule has 23 heavy (non-hydrogen) atoms. The van der Waals surface area contributed by atoms with Crippen LogP contribution >= 0.6 is 0 Å². The fraction of sp³-hybridized carbons (Fsp3) is 0.176. The molecule has 0 bridgehead atoms. The van der Waals surface area contributed by atoms with Crippen LogP contribution in [0.25, 0.3) is 16.6 Å². The average molecular weight is 331 g/mol. The van der Waals surface area contributed by atoms with Gasteiger partial charge in [-0.2, -0.15) is 8.42 Å². The number of benzene rings is 2. The Balaban J connectivity index is 2.22. The molecule has 3 aromatic rings. The van der Waals surface area contributed by atoms with Gasteiger partial charge in [0.05, 0.1) is 19.2 Å². The number of para-hydroxylation sites is 1. The third kappa shape index (κ3) is 2.83. The minimum Gasteiger partial charge on any atom is -0.497 e. The van der Waals surface area contributed by atoms with E-state index >= 15 is 0 Å². The standard InChI is InChI=1S/C17H17NO4S/c1-3-22-23(19,20)17-12-18(16-7-5-4-6-15(16)17)13-8-10-14(21-2)11-9-13/h4-12H,3H2,1-2H3. The van der Waals surface area contributed by atoms with Crippen molar-refractivity contribution in [2.75, 3.05) is 13.7 Å². The summed E-state index contributed by atoms with van der Waals surface area (Å²) in [6, 6.07) is 14.8. The molecule has 0 saturated heterocycles. The summed E-state index contributed by atoms with van der Waals surface area (Å²) in [6.45, 7) is 1.75. The maximum absolute atomic E-state index is 12.3. The number of aromatic nitrogens is 1. The number of hydrogen-bond acceptors (Lipinski definition) is 4. The van der Waals surface area contributed by atoms with E-state index in [0.29, 0.717) is 5.39 Å². The van der Waals surface area contributed by atoms with Gasteiger partial charge in [-0.05, 0) is 37.3 Å². The number of hydrogen-bond donors (Lipinski definition) is 0. The monoisotopic (exact) mass is 331 g/mol. The lowest BCUT2D eigenvalue weighted by Gasteiger charge is -2.06. The van der Waals surface area contributed by atoms with E-state index in [2.05, 4.69) is 0 Å². The highest BCUT2D eigenvalue weighted by Crippen LogP contribution is 2.29. The van der Waals surface area contributed by atoms with Gasteiger partial charge in [-0.25, -0.2) is 0 Å². The smallest absolute Gasteiger partial charge is 0.299 e. The van der Waals surface area contributed by atoms with E-state index in [1.165, 1.54) is 0 Å². The van der Waals surface area contributed by atoms with Crippen LogP contribution in [0.1, 0.15) is 6.92 Å². The van der Waals surface area contributed by atoms with E-state index in [9.17, 15) is 8.42 Å². The summed E-state index contributed by atoms with van der Waals surface area (Å²) in [5.74, 6) is 0.743. The molecule has 0 amide bonds. The Morgan fingerprint density at radius 2 is 1.74 bits per heavy atom. The van der Waals surface area contributed by atoms with Crippen LogP contribution < -0.4 is 4.74 Å². The van der Waals surface area contributed by atoms with Gasteiger partial charge >= 0.3 is 0 Å². The van der Waals surface area contributed by atoms with Gasteiger partial charge in [0.15, 0.2) is 0 Å². The van der Waals surface area contributed by atoms with Crippen molar-refractivity contribution in [1.29, 1.82) is 0 Å². The van der Waals surface area contributed by atoms with Crippen molar-refractivity contribution in [3.8, 4) is 11.4 Å². The Labute approximate surface area is 135 Å². The number of rotatable bonds is 5. The third-order valence-electron chi connectivity index (χ3n) is 3.57. The molecule has 0 aliphatic rings. The van der Waals surface area contributed by atoms with E-state index in [0.717, 1.165) is 17.0 Å². The Bertz CT molecular complexity index is 927. The van der Waals surface area contributed by atoms with Crippen molar-refractivity contribution in [1.82, 2.24) is 4.57 Å². The first kappa shape index (κ1) is 15.6. The molecule has 6 heteroatoms. The molecule has 2 aromatic carbocycles. The van der Waals surface area contributed by atoms with Gasteiger partial charge in [0, 0.05) is 17.3 Å². The molecular weight excluding hydrogens is 314 g/mol. The van der Waals surface area contributed by atoms with Gasteiger partial charge in [-0.15, -0.1) is 0 Å². The fourth-order valence-electron chi connectivity index (χ4n) is 2.52. The van der Waals surface area contributed by atoms with E-state index in [1.807, 2.05) is 47.0 Å². The van der Waals surface area contributed by atoms with Crippen molar-refractivity contribution < 1.29 is 17.3 Å². The van der Waals surface area contributed by atoms with Crippen molar-refractivity contribution in [2.45, 2.75) is 11.8 Å². The molecule has 0 spiro atoms. The second-order valence-corrected chi connectivity index (χ2v) is 6.52. The second kappa shape index (κ2) is 6.06. The molecule has 0 radical (unpaired) electrons. The summed E-state index contributed by atoms with van der Waals surface area (Å²) in [7, 11) is -2.18. The Kier molecular flexibility index (Phi) is 4.11. The summed E-state index contributed by atoms with van der Waals surface area (Å²) in [4.78, 5) is 0.172. The topological polar surface area (TPSA) is 57.5 Å². The molecule has 0 atom stereocenters. The minimum absolute atomic E-state index is 0.102. The van der Waals surface area contributed by atoms with Crippen LogP contribution in [0, 0.1) is 0 Å². The van der Waals surface area contributed by atoms with E-state index in [4.69, 9.17) is 8.92 Å². The van der Waals surface area contributed by atoms with Gasteiger partial charge in [-0.3, -0.25) is 4.18 Å². The predicted octanol–water partition coefficient (Wildman–Crippen LogP) is 3.36. The summed E-state index contributed by atoms with van der Waals surface area (Å²) in [5, 5.41) is 0.636. The largest absolute Gasteiger partial charge is 0.497 e. The third-order valence-corrected chi connectivity index (χ3v) is 4.98. The zero-order valence-corrected chi connectivity index (χ0v) is 13.7. The Hall–Kier alpha value is -2.31. The van der Waals surface area contributed by atoms with Crippen LogP contribution in [0.2, 0.25) is 0 Å². The van der Waals surface area contributed by atoms with Gasteiger partial charge in [0.25, 0.3) is 10.1 Å². The van der Waals surface area contributed by atoms with Crippen molar-refractivity contribution >= 4 is 21.0 Å². The van der Waals surface area contributed by atoms with Crippen LogP contribution in [0.4, 0.5) is 0 Å². The molecule has 0 aliphatic carbocycles. The van der Waals surface area contributed by atoms with Gasteiger partial charge < -0.3 is 9.30 Å². The van der Waals surface area contributed by atoms with Crippen molar-refractivity contribution in [2.24, 2.45) is 0 Å². The normalized spacial score (nSPS) is 11.7. The molecule has 120 valence electrons. The molecule has 0 unspecified atom stereocenters. The average Bonchev–Trinajstić information content (AvgIpc) is 2.95. The van der Waals surface area contributed by atoms with E-state index in [1.54, 1.807) is 26.3 Å². The first-order valence-electron chi connectivity index (χ1n) is 7.21. The maximum atomic E-state index is 12.3. The lowest BCUT2D eigenvalue weighted by atomic mass is 10.2. The molecule has 1 heterocycles. The molecule has 0 aliphatic heterocycles. The quantitative estimate of drug-likeness (QED) is 0.673. The number of fused-ring (bicyclic) bond motifs is 1. The predicted molar refractivity (Wildman–Crippen MR) is 88.6 cm³/mol. The molecule has 0 saturated carbocycles. The molecule has 0 fully saturated rings. The number of methoxy groups -OCH3 is 1. The SMILES string of the molecule is CCOS(=O)(=O)c1cn(-c2ccc(OC)cc2)c2ccccc12. The highest BCUT2D eigenvalue weighted by molar-refractivity contribution is 7.87. The zero-order chi connectivity index (χ0) is 16.4. The van der Waals surface area contributed by atoms with Crippen molar-refractivity contribution in [3.63, 3.8) is 0 Å². The lowest BCUT2D eigenvalue weighted by Crippen LogP contribution is -2.05. The first-order valence-corrected chi connectivity index (χ1v) is 8.61. The second-order valence-electron chi connectivity index (χ2n) is 4.94. The van der Waals surface area contributed by atoms with Crippen LogP contribution in [0.15, 0.2) is 59.6 Å². The van der Waals surface area contributed by atoms with Crippen LogP contribution in [0.3, 0.4) is 0 Å². The zero-order valence-electron chi connectivity index (χ0n) is 12.9. The lowest BCUT2D eigenvalue weighted by molar-refractivity contribution is 0.338. The summed E-state index contributed by atoms with van der Waals surface area (Å²) in [6.07, 6.45) is 1.59. The summed E-state index contributed by atoms with van der Waals surface area (Å²) in [5.41, 5.74) is 1.65. The summed E-state index contributed by atoms with van der Waals surface area (Å²) < 4.78 is 36.6. The Morgan fingerprint density at radius 1 is 1.04 bits per heavy atom. The molecular formula is C17H17NO4S.